The van der Waals surface area contributed by atoms with Gasteiger partial charge in [-0.1, -0.05) is 13.3 Å². The molecule has 20 heavy (non-hydrogen) atoms. The minimum absolute atomic E-state index is 0.0114. The molecule has 1 amide bonds. The molecule has 1 saturated carbocycles. The van der Waals surface area contributed by atoms with Crippen LogP contribution in [0.15, 0.2) is 18.3 Å². The van der Waals surface area contributed by atoms with E-state index in [1.54, 1.807) is 6.20 Å². The van der Waals surface area contributed by atoms with E-state index in [0.29, 0.717) is 22.7 Å². The molecule has 4 nitrogen and oxygen atoms in total. The van der Waals surface area contributed by atoms with Crippen molar-refractivity contribution in [2.24, 2.45) is 0 Å². The van der Waals surface area contributed by atoms with Crippen molar-refractivity contribution in [2.45, 2.75) is 44.4 Å². The summed E-state index contributed by atoms with van der Waals surface area (Å²) in [7, 11) is 0. The Morgan fingerprint density at radius 1 is 1.45 bits per heavy atom. The van der Waals surface area contributed by atoms with Crippen LogP contribution < -0.4 is 10.6 Å². The Bertz CT molecular complexity index is 452. The van der Waals surface area contributed by atoms with E-state index < -0.39 is 0 Å². The first-order valence-corrected chi connectivity index (χ1v) is 8.42. The average Bonchev–Trinajstić information content (AvgIpc) is 2.87. The molecule has 1 aromatic heterocycles. The number of thioether (sulfide) groups is 1. The highest BCUT2D eigenvalue weighted by molar-refractivity contribution is 7.99. The molecule has 1 aliphatic rings. The molecule has 2 atom stereocenters. The van der Waals surface area contributed by atoms with Crippen LogP contribution in [0.25, 0.3) is 0 Å². The minimum Gasteiger partial charge on any atom is -0.370 e. The van der Waals surface area contributed by atoms with Crippen LogP contribution in [0.1, 0.15) is 43.5 Å². The van der Waals surface area contributed by atoms with E-state index in [0.717, 1.165) is 18.7 Å². The summed E-state index contributed by atoms with van der Waals surface area (Å²) in [6.07, 6.45) is 5.20. The molecule has 0 spiro atoms. The summed E-state index contributed by atoms with van der Waals surface area (Å²) in [5.74, 6) is 1.76. The minimum atomic E-state index is -0.0114. The van der Waals surface area contributed by atoms with E-state index in [9.17, 15) is 4.79 Å². The number of hydrogen-bond acceptors (Lipinski definition) is 4. The highest BCUT2D eigenvalue weighted by atomic mass is 32.2. The molecule has 0 saturated heterocycles. The van der Waals surface area contributed by atoms with Gasteiger partial charge in [-0.2, -0.15) is 11.8 Å². The molecule has 0 radical (unpaired) electrons. The first-order valence-electron chi connectivity index (χ1n) is 7.37. The summed E-state index contributed by atoms with van der Waals surface area (Å²) < 4.78 is 0. The summed E-state index contributed by atoms with van der Waals surface area (Å²) in [4.78, 5) is 16.7. The van der Waals surface area contributed by atoms with E-state index in [-0.39, 0.29) is 5.91 Å². The number of carbonyl (C=O) groups is 1. The van der Waals surface area contributed by atoms with Crippen molar-refractivity contribution in [3.8, 4) is 0 Å². The Morgan fingerprint density at radius 3 is 3.05 bits per heavy atom. The van der Waals surface area contributed by atoms with Gasteiger partial charge in [-0.15, -0.1) is 0 Å². The summed E-state index contributed by atoms with van der Waals surface area (Å²) >= 11 is 1.95. The largest absolute Gasteiger partial charge is 0.370 e. The summed E-state index contributed by atoms with van der Waals surface area (Å²) in [5, 5.41) is 6.89. The second-order valence-corrected chi connectivity index (χ2v) is 6.45. The normalized spacial score (nSPS) is 21.7. The predicted octanol–water partition coefficient (Wildman–Crippen LogP) is 2.92. The maximum Gasteiger partial charge on any atom is 0.255 e. The van der Waals surface area contributed by atoms with Gasteiger partial charge in [-0.3, -0.25) is 4.79 Å². The quantitative estimate of drug-likeness (QED) is 0.847. The maximum absolute atomic E-state index is 12.4. The fourth-order valence-corrected chi connectivity index (χ4v) is 3.85. The second kappa shape index (κ2) is 7.53. The first-order chi connectivity index (χ1) is 9.76. The van der Waals surface area contributed by atoms with Crippen molar-refractivity contribution in [1.82, 2.24) is 10.3 Å². The smallest absolute Gasteiger partial charge is 0.255 e. The number of amides is 1. The van der Waals surface area contributed by atoms with Crippen LogP contribution in [0.2, 0.25) is 0 Å². The molecular weight excluding hydrogens is 270 g/mol. The third-order valence-corrected chi connectivity index (χ3v) is 4.87. The van der Waals surface area contributed by atoms with E-state index >= 15 is 0 Å². The van der Waals surface area contributed by atoms with Gasteiger partial charge in [0.1, 0.15) is 5.82 Å². The zero-order chi connectivity index (χ0) is 14.4. The second-order valence-electron chi connectivity index (χ2n) is 4.93. The van der Waals surface area contributed by atoms with Crippen LogP contribution in [0.4, 0.5) is 5.82 Å². The number of aromatic nitrogens is 1. The highest BCUT2D eigenvalue weighted by Crippen LogP contribution is 2.30. The van der Waals surface area contributed by atoms with Gasteiger partial charge in [0.2, 0.25) is 0 Å². The summed E-state index contributed by atoms with van der Waals surface area (Å²) in [6, 6.07) is 3.93. The Balaban J connectivity index is 2.04. The number of anilines is 1. The van der Waals surface area contributed by atoms with Crippen molar-refractivity contribution in [2.75, 3.05) is 17.6 Å². The molecule has 110 valence electrons. The van der Waals surface area contributed by atoms with E-state index in [4.69, 9.17) is 0 Å². The fraction of sp³-hybridized carbons (Fsp3) is 0.600. The van der Waals surface area contributed by atoms with Gasteiger partial charge in [-0.25, -0.2) is 4.98 Å². The lowest BCUT2D eigenvalue weighted by molar-refractivity contribution is 0.0939. The monoisotopic (exact) mass is 293 g/mol. The van der Waals surface area contributed by atoms with Gasteiger partial charge in [0, 0.05) is 24.0 Å². The van der Waals surface area contributed by atoms with Gasteiger partial charge >= 0.3 is 0 Å². The Hall–Kier alpha value is -1.23. The molecule has 0 aromatic carbocycles. The molecule has 1 fully saturated rings. The van der Waals surface area contributed by atoms with Gasteiger partial charge < -0.3 is 10.6 Å². The predicted molar refractivity (Wildman–Crippen MR) is 85.4 cm³/mol. The topological polar surface area (TPSA) is 54.0 Å². The Morgan fingerprint density at radius 2 is 2.30 bits per heavy atom. The van der Waals surface area contributed by atoms with Crippen molar-refractivity contribution in [3.05, 3.63) is 23.9 Å². The molecule has 0 aliphatic heterocycles. The Labute approximate surface area is 125 Å². The molecule has 5 heteroatoms. The van der Waals surface area contributed by atoms with Gasteiger partial charge in [0.05, 0.1) is 5.56 Å². The molecule has 2 N–H and O–H groups in total. The van der Waals surface area contributed by atoms with Crippen LogP contribution in [0.5, 0.6) is 0 Å². The van der Waals surface area contributed by atoms with Gasteiger partial charge in [0.25, 0.3) is 5.91 Å². The van der Waals surface area contributed by atoms with Crippen LogP contribution in [-0.2, 0) is 0 Å². The third-order valence-electron chi connectivity index (χ3n) is 3.55. The average molecular weight is 293 g/mol. The van der Waals surface area contributed by atoms with Crippen LogP contribution >= 0.6 is 11.8 Å². The molecule has 1 aliphatic carbocycles. The number of carbonyl (C=O) groups excluding carboxylic acids is 1. The molecular formula is C15H23N3OS. The van der Waals surface area contributed by atoms with Crippen LogP contribution in [0.3, 0.4) is 0 Å². The van der Waals surface area contributed by atoms with Gasteiger partial charge in [0.15, 0.2) is 0 Å². The zero-order valence-corrected chi connectivity index (χ0v) is 13.0. The lowest BCUT2D eigenvalue weighted by Gasteiger charge is -2.20. The third kappa shape index (κ3) is 3.66. The molecule has 2 unspecified atom stereocenters. The fourth-order valence-electron chi connectivity index (χ4n) is 2.65. The number of hydrogen-bond donors (Lipinski definition) is 2. The molecule has 1 heterocycles. The van der Waals surface area contributed by atoms with Gasteiger partial charge in [-0.05, 0) is 37.7 Å². The number of pyridine rings is 1. The summed E-state index contributed by atoms with van der Waals surface area (Å²) in [5.41, 5.74) is 0.640. The standard InChI is InChI=1S/C15H23N3OS/c1-3-16-14-11(7-6-10-17-14)15(19)18-12-8-5-9-13(12)20-4-2/h6-7,10,12-13H,3-5,8-9H2,1-2H3,(H,16,17)(H,18,19). The zero-order valence-electron chi connectivity index (χ0n) is 12.2. The van der Waals surface area contributed by atoms with Crippen molar-refractivity contribution in [1.29, 1.82) is 0 Å². The van der Waals surface area contributed by atoms with E-state index in [1.165, 1.54) is 12.8 Å². The number of nitrogens with zero attached hydrogens (tertiary/aromatic N) is 1. The van der Waals surface area contributed by atoms with E-state index in [2.05, 4.69) is 22.5 Å². The Kier molecular flexibility index (Phi) is 5.71. The molecule has 1 aromatic rings. The summed E-state index contributed by atoms with van der Waals surface area (Å²) in [6.45, 7) is 4.93. The molecule has 0 bridgehead atoms. The maximum atomic E-state index is 12.4. The van der Waals surface area contributed by atoms with E-state index in [1.807, 2.05) is 30.8 Å². The van der Waals surface area contributed by atoms with Crippen LogP contribution in [-0.4, -0.2) is 34.5 Å². The number of nitrogens with one attached hydrogen (secondary N) is 2. The van der Waals surface area contributed by atoms with Crippen molar-refractivity contribution < 1.29 is 4.79 Å². The lowest BCUT2D eigenvalue weighted by atomic mass is 10.2. The lowest BCUT2D eigenvalue weighted by Crippen LogP contribution is -2.39. The molecule has 2 rings (SSSR count). The van der Waals surface area contributed by atoms with Crippen molar-refractivity contribution in [3.63, 3.8) is 0 Å². The van der Waals surface area contributed by atoms with Crippen molar-refractivity contribution >= 4 is 23.5 Å². The SMILES string of the molecule is CCNc1ncccc1C(=O)NC1CCCC1SCC. The first kappa shape index (κ1) is 15.2. The van der Waals surface area contributed by atoms with Crippen LogP contribution in [0, 0.1) is 0 Å². The number of rotatable bonds is 6. The highest BCUT2D eigenvalue weighted by Gasteiger charge is 2.29.